The second-order valence-corrected chi connectivity index (χ2v) is 2.60. The average molecular weight is 161 g/mol. The molecule has 2 nitrogen and oxygen atoms in total. The van der Waals surface area contributed by atoms with E-state index in [9.17, 15) is 0 Å². The zero-order valence-electron chi connectivity index (χ0n) is 7.03. The van der Waals surface area contributed by atoms with Gasteiger partial charge in [0.2, 0.25) is 0 Å². The molecule has 0 amide bonds. The van der Waals surface area contributed by atoms with Crippen LogP contribution in [0, 0.1) is 5.41 Å². The van der Waals surface area contributed by atoms with E-state index in [1.807, 2.05) is 30.6 Å². The molecule has 0 spiro atoms. The van der Waals surface area contributed by atoms with E-state index in [0.717, 1.165) is 19.4 Å². The standard InChI is InChI=1S/C10H13N2/c11-7-3-1-4-8-12-9-5-2-6-10-12/h2-3,5-6,9-11H,1,4,8H2/q+1. The van der Waals surface area contributed by atoms with Gasteiger partial charge in [-0.25, -0.2) is 4.57 Å². The molecule has 0 aliphatic carbocycles. The van der Waals surface area contributed by atoms with Crippen LogP contribution >= 0.6 is 0 Å². The summed E-state index contributed by atoms with van der Waals surface area (Å²) in [6, 6.07) is 6.05. The quantitative estimate of drug-likeness (QED) is 0.394. The minimum absolute atomic E-state index is 0.936. The van der Waals surface area contributed by atoms with Crippen molar-refractivity contribution in [1.82, 2.24) is 0 Å². The molecular weight excluding hydrogens is 148 g/mol. The summed E-state index contributed by atoms with van der Waals surface area (Å²) in [5.41, 5.74) is 0. The molecule has 0 aliphatic rings. The molecule has 0 fully saturated rings. The number of allylic oxidation sites excluding steroid dienone is 1. The van der Waals surface area contributed by atoms with Crippen molar-refractivity contribution in [3.8, 4) is 0 Å². The van der Waals surface area contributed by atoms with E-state index in [1.165, 1.54) is 0 Å². The van der Waals surface area contributed by atoms with Gasteiger partial charge in [-0.05, 0) is 18.4 Å². The lowest BCUT2D eigenvalue weighted by Crippen LogP contribution is -2.31. The van der Waals surface area contributed by atoms with Crippen molar-refractivity contribution < 1.29 is 4.57 Å². The summed E-state index contributed by atoms with van der Waals surface area (Å²) >= 11 is 0. The Balaban J connectivity index is 2.29. The number of pyridine rings is 1. The molecule has 0 radical (unpaired) electrons. The normalized spacial score (nSPS) is 9.00. The summed E-state index contributed by atoms with van der Waals surface area (Å²) in [6.07, 6.45) is 7.86. The number of hydrogen-bond donors (Lipinski definition) is 1. The second kappa shape index (κ2) is 5.28. The maximum atomic E-state index is 6.67. The number of nitrogens with one attached hydrogen (secondary N) is 1. The van der Waals surface area contributed by atoms with Crippen LogP contribution in [0.2, 0.25) is 0 Å². The zero-order valence-corrected chi connectivity index (χ0v) is 7.03. The van der Waals surface area contributed by atoms with Gasteiger partial charge in [-0.1, -0.05) is 6.07 Å². The molecule has 1 aromatic rings. The lowest BCUT2D eigenvalue weighted by molar-refractivity contribution is -0.697. The summed E-state index contributed by atoms with van der Waals surface area (Å²) < 4.78 is 2.14. The van der Waals surface area contributed by atoms with Crippen LogP contribution in [0.3, 0.4) is 0 Å². The van der Waals surface area contributed by atoms with Crippen LogP contribution in [0.15, 0.2) is 36.7 Å². The minimum Gasteiger partial charge on any atom is -0.259 e. The number of hydrogen-bond acceptors (Lipinski definition) is 1. The second-order valence-electron chi connectivity index (χ2n) is 2.60. The van der Waals surface area contributed by atoms with Gasteiger partial charge < -0.3 is 0 Å². The predicted molar refractivity (Wildman–Crippen MR) is 48.2 cm³/mol. The maximum absolute atomic E-state index is 6.67. The van der Waals surface area contributed by atoms with E-state index >= 15 is 0 Å². The number of rotatable bonds is 4. The van der Waals surface area contributed by atoms with Gasteiger partial charge in [-0.15, -0.1) is 0 Å². The number of nitrogens with zero attached hydrogens (tertiary/aromatic N) is 1. The molecule has 0 bridgehead atoms. The van der Waals surface area contributed by atoms with Gasteiger partial charge in [0.15, 0.2) is 12.4 Å². The number of aromatic nitrogens is 1. The Kier molecular flexibility index (Phi) is 3.82. The molecule has 1 N–H and O–H groups in total. The Morgan fingerprint density at radius 3 is 2.67 bits per heavy atom. The van der Waals surface area contributed by atoms with Crippen molar-refractivity contribution in [2.45, 2.75) is 19.4 Å². The third kappa shape index (κ3) is 3.13. The van der Waals surface area contributed by atoms with Crippen LogP contribution < -0.4 is 4.57 Å². The van der Waals surface area contributed by atoms with Gasteiger partial charge in [0.25, 0.3) is 0 Å². The molecule has 0 atom stereocenters. The highest BCUT2D eigenvalue weighted by Gasteiger charge is 1.94. The van der Waals surface area contributed by atoms with E-state index in [4.69, 9.17) is 5.41 Å². The van der Waals surface area contributed by atoms with Crippen LogP contribution in [0.4, 0.5) is 0 Å². The maximum Gasteiger partial charge on any atom is 0.168 e. The predicted octanol–water partition coefficient (Wildman–Crippen LogP) is 1.56. The Hall–Kier alpha value is -1.40. The van der Waals surface area contributed by atoms with Crippen LogP contribution in [0.5, 0.6) is 0 Å². The summed E-state index contributed by atoms with van der Waals surface area (Å²) in [6.45, 7) is 1.01. The smallest absolute Gasteiger partial charge is 0.168 e. The highest BCUT2D eigenvalue weighted by Crippen LogP contribution is 1.88. The fourth-order valence-corrected chi connectivity index (χ4v) is 1.03. The van der Waals surface area contributed by atoms with Crippen LogP contribution in [0.25, 0.3) is 0 Å². The first-order valence-corrected chi connectivity index (χ1v) is 4.11. The third-order valence-electron chi connectivity index (χ3n) is 1.64. The van der Waals surface area contributed by atoms with E-state index < -0.39 is 0 Å². The molecular formula is C10H13N2+. The summed E-state index contributed by atoms with van der Waals surface area (Å²) in [5.74, 6) is 2.27. The zero-order chi connectivity index (χ0) is 8.65. The molecule has 0 unspecified atom stereocenters. The van der Waals surface area contributed by atoms with E-state index in [1.54, 1.807) is 6.08 Å². The molecule has 0 saturated carbocycles. The molecule has 1 aromatic heterocycles. The fraction of sp³-hybridized carbons (Fsp3) is 0.300. The van der Waals surface area contributed by atoms with Gasteiger partial charge >= 0.3 is 0 Å². The average Bonchev–Trinajstić information content (AvgIpc) is 2.14. The van der Waals surface area contributed by atoms with Crippen LogP contribution in [-0.4, -0.2) is 5.87 Å². The lowest BCUT2D eigenvalue weighted by Gasteiger charge is -1.92. The van der Waals surface area contributed by atoms with Crippen LogP contribution in [0.1, 0.15) is 12.8 Å². The van der Waals surface area contributed by atoms with Crippen LogP contribution in [-0.2, 0) is 6.54 Å². The van der Waals surface area contributed by atoms with Crippen molar-refractivity contribution >= 4 is 5.87 Å². The van der Waals surface area contributed by atoms with Gasteiger partial charge in [-0.3, -0.25) is 5.41 Å². The first kappa shape index (κ1) is 8.69. The minimum atomic E-state index is 0.936. The Morgan fingerprint density at radius 2 is 2.00 bits per heavy atom. The molecule has 62 valence electrons. The first-order valence-electron chi connectivity index (χ1n) is 4.11. The Bertz CT molecular complexity index is 260. The summed E-state index contributed by atoms with van der Waals surface area (Å²) in [5, 5.41) is 6.67. The molecule has 2 heteroatoms. The number of unbranched alkanes of at least 4 members (excludes halogenated alkanes) is 1. The van der Waals surface area contributed by atoms with Crippen molar-refractivity contribution in [1.29, 1.82) is 5.41 Å². The Labute approximate surface area is 72.7 Å². The third-order valence-corrected chi connectivity index (χ3v) is 1.64. The molecule has 0 saturated heterocycles. The number of aryl methyl sites for hydroxylation is 1. The van der Waals surface area contributed by atoms with Crippen molar-refractivity contribution in [2.24, 2.45) is 0 Å². The van der Waals surface area contributed by atoms with Gasteiger partial charge in [0, 0.05) is 18.6 Å². The first-order chi connectivity index (χ1) is 5.93. The highest BCUT2D eigenvalue weighted by atomic mass is 14.9. The van der Waals surface area contributed by atoms with E-state index in [2.05, 4.69) is 10.4 Å². The largest absolute Gasteiger partial charge is 0.259 e. The van der Waals surface area contributed by atoms with Gasteiger partial charge in [0.1, 0.15) is 6.54 Å². The molecule has 0 aromatic carbocycles. The van der Waals surface area contributed by atoms with E-state index in [-0.39, 0.29) is 0 Å². The van der Waals surface area contributed by atoms with E-state index in [0.29, 0.717) is 0 Å². The molecule has 1 rings (SSSR count). The fourth-order valence-electron chi connectivity index (χ4n) is 1.03. The molecule has 0 aliphatic heterocycles. The van der Waals surface area contributed by atoms with Crippen molar-refractivity contribution in [2.75, 3.05) is 0 Å². The molecule has 1 heterocycles. The highest BCUT2D eigenvalue weighted by molar-refractivity contribution is 5.46. The monoisotopic (exact) mass is 161 g/mol. The Morgan fingerprint density at radius 1 is 1.25 bits per heavy atom. The summed E-state index contributed by atoms with van der Waals surface area (Å²) in [7, 11) is 0. The van der Waals surface area contributed by atoms with Crippen molar-refractivity contribution in [3.63, 3.8) is 0 Å². The SMILES string of the molecule is N=C=CCCC[n+]1ccccc1. The van der Waals surface area contributed by atoms with Gasteiger partial charge in [0.05, 0.1) is 0 Å². The van der Waals surface area contributed by atoms with Crippen molar-refractivity contribution in [3.05, 3.63) is 36.7 Å². The molecule has 12 heavy (non-hydrogen) atoms. The van der Waals surface area contributed by atoms with Gasteiger partial charge in [-0.2, -0.15) is 0 Å². The lowest BCUT2D eigenvalue weighted by atomic mass is 10.3. The summed E-state index contributed by atoms with van der Waals surface area (Å²) in [4.78, 5) is 0. The topological polar surface area (TPSA) is 27.7 Å².